The van der Waals surface area contributed by atoms with E-state index in [9.17, 15) is 9.18 Å². The molecule has 0 amide bonds. The van der Waals surface area contributed by atoms with E-state index in [4.69, 9.17) is 5.11 Å². The van der Waals surface area contributed by atoms with Crippen molar-refractivity contribution in [3.05, 3.63) is 83.4 Å². The van der Waals surface area contributed by atoms with Crippen molar-refractivity contribution in [1.29, 1.82) is 0 Å². The van der Waals surface area contributed by atoms with Crippen molar-refractivity contribution in [3.8, 4) is 0 Å². The molecule has 2 aromatic carbocycles. The van der Waals surface area contributed by atoms with Crippen molar-refractivity contribution in [3.63, 3.8) is 0 Å². The SMILES string of the molecule is C=C/C(=N\C(=N/C)c1cccc(C(=O)O)c1)c1ccccc1C(C)(C)F. The van der Waals surface area contributed by atoms with Gasteiger partial charge in [0.1, 0.15) is 5.67 Å². The molecule has 26 heavy (non-hydrogen) atoms. The second-order valence-corrected chi connectivity index (χ2v) is 6.15. The average Bonchev–Trinajstić information content (AvgIpc) is 2.62. The van der Waals surface area contributed by atoms with Gasteiger partial charge in [-0.05, 0) is 37.6 Å². The molecule has 0 fully saturated rings. The van der Waals surface area contributed by atoms with E-state index in [1.54, 1.807) is 43.4 Å². The van der Waals surface area contributed by atoms with Crippen LogP contribution in [0, 0.1) is 0 Å². The molecule has 0 saturated heterocycles. The minimum Gasteiger partial charge on any atom is -0.478 e. The molecule has 2 aromatic rings. The number of carbonyl (C=O) groups is 1. The fraction of sp³-hybridized carbons (Fsp3) is 0.190. The summed E-state index contributed by atoms with van der Waals surface area (Å²) in [5.74, 6) is -0.686. The first-order chi connectivity index (χ1) is 12.3. The number of halogens is 1. The minimum atomic E-state index is -1.55. The number of hydrogen-bond acceptors (Lipinski definition) is 2. The lowest BCUT2D eigenvalue weighted by atomic mass is 9.92. The Morgan fingerprint density at radius 3 is 2.38 bits per heavy atom. The lowest BCUT2D eigenvalue weighted by Crippen LogP contribution is -2.16. The normalized spacial score (nSPS) is 12.8. The summed E-state index contributed by atoms with van der Waals surface area (Å²) in [5.41, 5.74) is 0.729. The topological polar surface area (TPSA) is 62.0 Å². The van der Waals surface area contributed by atoms with Gasteiger partial charge in [-0.15, -0.1) is 0 Å². The van der Waals surface area contributed by atoms with E-state index >= 15 is 0 Å². The van der Waals surface area contributed by atoms with E-state index in [-0.39, 0.29) is 5.56 Å². The van der Waals surface area contributed by atoms with Crippen molar-refractivity contribution < 1.29 is 14.3 Å². The lowest BCUT2D eigenvalue weighted by molar-refractivity contribution is 0.0697. The molecule has 0 bridgehead atoms. The first-order valence-electron chi connectivity index (χ1n) is 8.08. The van der Waals surface area contributed by atoms with Crippen LogP contribution in [0.2, 0.25) is 0 Å². The van der Waals surface area contributed by atoms with E-state index in [1.807, 2.05) is 0 Å². The summed E-state index contributed by atoms with van der Waals surface area (Å²) in [7, 11) is 1.57. The predicted octanol–water partition coefficient (Wildman–Crippen LogP) is 4.64. The van der Waals surface area contributed by atoms with Crippen LogP contribution in [0.5, 0.6) is 0 Å². The van der Waals surface area contributed by atoms with Gasteiger partial charge in [0.05, 0.1) is 11.3 Å². The summed E-state index contributed by atoms with van der Waals surface area (Å²) in [5, 5.41) is 9.16. The molecular weight excluding hydrogens is 331 g/mol. The van der Waals surface area contributed by atoms with Gasteiger partial charge in [-0.1, -0.05) is 43.0 Å². The van der Waals surface area contributed by atoms with Crippen molar-refractivity contribution in [2.45, 2.75) is 19.5 Å². The summed E-state index contributed by atoms with van der Waals surface area (Å²) in [4.78, 5) is 19.9. The van der Waals surface area contributed by atoms with Gasteiger partial charge in [-0.2, -0.15) is 0 Å². The third-order valence-corrected chi connectivity index (χ3v) is 3.84. The molecule has 0 aliphatic rings. The Bertz CT molecular complexity index is 893. The van der Waals surface area contributed by atoms with Crippen LogP contribution >= 0.6 is 0 Å². The quantitative estimate of drug-likeness (QED) is 0.629. The van der Waals surface area contributed by atoms with Crippen molar-refractivity contribution >= 4 is 17.5 Å². The maximum atomic E-state index is 14.6. The predicted molar refractivity (Wildman–Crippen MR) is 103 cm³/mol. The van der Waals surface area contributed by atoms with E-state index < -0.39 is 11.6 Å². The molecule has 134 valence electrons. The van der Waals surface area contributed by atoms with Gasteiger partial charge in [-0.3, -0.25) is 4.99 Å². The Kier molecular flexibility index (Phi) is 5.82. The van der Waals surface area contributed by atoms with Gasteiger partial charge >= 0.3 is 5.97 Å². The Morgan fingerprint density at radius 2 is 1.81 bits per heavy atom. The first kappa shape index (κ1) is 19.2. The number of carboxylic acids is 1. The van der Waals surface area contributed by atoms with Crippen LogP contribution in [0.1, 0.15) is 40.9 Å². The highest BCUT2D eigenvalue weighted by atomic mass is 19.1. The summed E-state index contributed by atoms with van der Waals surface area (Å²) < 4.78 is 14.6. The second-order valence-electron chi connectivity index (χ2n) is 6.15. The van der Waals surface area contributed by atoms with Crippen molar-refractivity contribution in [1.82, 2.24) is 0 Å². The molecule has 5 heteroatoms. The summed E-state index contributed by atoms with van der Waals surface area (Å²) in [6, 6.07) is 13.4. The van der Waals surface area contributed by atoms with E-state index in [1.165, 1.54) is 32.1 Å². The fourth-order valence-corrected chi connectivity index (χ4v) is 2.59. The van der Waals surface area contributed by atoms with Gasteiger partial charge < -0.3 is 5.11 Å². The maximum absolute atomic E-state index is 14.6. The first-order valence-corrected chi connectivity index (χ1v) is 8.08. The van der Waals surface area contributed by atoms with E-state index in [0.29, 0.717) is 28.2 Å². The molecule has 0 aliphatic carbocycles. The number of nitrogens with zero attached hydrogens (tertiary/aromatic N) is 2. The van der Waals surface area contributed by atoms with Gasteiger partial charge in [0, 0.05) is 18.2 Å². The number of aromatic carboxylic acids is 1. The molecule has 0 heterocycles. The Balaban J connectivity index is 2.57. The van der Waals surface area contributed by atoms with Gasteiger partial charge in [0.15, 0.2) is 5.84 Å². The smallest absolute Gasteiger partial charge is 0.335 e. The molecule has 1 N–H and O–H groups in total. The van der Waals surface area contributed by atoms with Crippen LogP contribution in [0.3, 0.4) is 0 Å². The highest BCUT2D eigenvalue weighted by molar-refractivity contribution is 6.17. The van der Waals surface area contributed by atoms with Crippen molar-refractivity contribution in [2.75, 3.05) is 7.05 Å². The maximum Gasteiger partial charge on any atom is 0.335 e. The van der Waals surface area contributed by atoms with Crippen molar-refractivity contribution in [2.24, 2.45) is 9.98 Å². The van der Waals surface area contributed by atoms with Crippen LogP contribution in [-0.2, 0) is 5.67 Å². The highest BCUT2D eigenvalue weighted by Crippen LogP contribution is 2.28. The highest BCUT2D eigenvalue weighted by Gasteiger charge is 2.23. The van der Waals surface area contributed by atoms with Crippen LogP contribution < -0.4 is 0 Å². The third-order valence-electron chi connectivity index (χ3n) is 3.84. The number of rotatable bonds is 5. The van der Waals surface area contributed by atoms with Gasteiger partial charge in [-0.25, -0.2) is 14.2 Å². The number of hydrogen-bond donors (Lipinski definition) is 1. The molecule has 0 aromatic heterocycles. The molecule has 4 nitrogen and oxygen atoms in total. The van der Waals surface area contributed by atoms with Gasteiger partial charge in [0.2, 0.25) is 0 Å². The standard InChI is InChI=1S/C21H21FN2O2/c1-5-18(16-11-6-7-12-17(16)21(2,3)22)24-19(23-4)14-9-8-10-15(13-14)20(25)26/h5-13H,1H2,2-4H3,(H,25,26)/b23-19-,24-18+. The average molecular weight is 352 g/mol. The summed E-state index contributed by atoms with van der Waals surface area (Å²) in [6.45, 7) is 6.75. The van der Waals surface area contributed by atoms with Crippen LogP contribution in [0.4, 0.5) is 4.39 Å². The van der Waals surface area contributed by atoms with Crippen LogP contribution in [0.15, 0.2) is 71.2 Å². The van der Waals surface area contributed by atoms with Crippen LogP contribution in [0.25, 0.3) is 0 Å². The number of carboxylic acid groups (broad SMARTS) is 1. The Labute approximate surface area is 152 Å². The summed E-state index contributed by atoms with van der Waals surface area (Å²) in [6.07, 6.45) is 1.54. The molecular formula is C21H21FN2O2. The number of benzene rings is 2. The molecule has 0 spiro atoms. The zero-order chi connectivity index (χ0) is 19.3. The van der Waals surface area contributed by atoms with E-state index in [0.717, 1.165) is 0 Å². The molecule has 0 atom stereocenters. The number of aliphatic imine (C=N–C) groups is 2. The zero-order valence-electron chi connectivity index (χ0n) is 15.0. The monoisotopic (exact) mass is 352 g/mol. The van der Waals surface area contributed by atoms with E-state index in [2.05, 4.69) is 16.6 Å². The third kappa shape index (κ3) is 4.30. The lowest BCUT2D eigenvalue weighted by Gasteiger charge is -2.19. The van der Waals surface area contributed by atoms with Gasteiger partial charge in [0.25, 0.3) is 0 Å². The molecule has 2 rings (SSSR count). The molecule has 0 aliphatic heterocycles. The summed E-state index contributed by atoms with van der Waals surface area (Å²) >= 11 is 0. The molecule has 0 saturated carbocycles. The fourth-order valence-electron chi connectivity index (χ4n) is 2.59. The Hall–Kier alpha value is -3.08. The zero-order valence-corrected chi connectivity index (χ0v) is 15.0. The number of alkyl halides is 1. The second kappa shape index (κ2) is 7.87. The molecule has 0 unspecified atom stereocenters. The largest absolute Gasteiger partial charge is 0.478 e. The molecule has 0 radical (unpaired) electrons. The van der Waals surface area contributed by atoms with Crippen LogP contribution in [-0.4, -0.2) is 29.7 Å². The Morgan fingerprint density at radius 1 is 1.15 bits per heavy atom. The number of allylic oxidation sites excluding steroid dienone is 1. The number of amidine groups is 1. The minimum absolute atomic E-state index is 0.143.